The van der Waals surface area contributed by atoms with E-state index in [-0.39, 0.29) is 30.2 Å². The highest BCUT2D eigenvalue weighted by atomic mass is 32.2. The Labute approximate surface area is 258 Å². The first-order valence-electron chi connectivity index (χ1n) is 15.6. The summed E-state index contributed by atoms with van der Waals surface area (Å²) in [5.41, 5.74) is 0.793. The van der Waals surface area contributed by atoms with E-state index in [1.54, 1.807) is 21.6 Å². The molecule has 6 rings (SSSR count). The van der Waals surface area contributed by atoms with Gasteiger partial charge in [-0.25, -0.2) is 0 Å². The second kappa shape index (κ2) is 12.0. The molecule has 1 aromatic rings. The predicted molar refractivity (Wildman–Crippen MR) is 168 cm³/mol. The van der Waals surface area contributed by atoms with Crippen LogP contribution in [0.3, 0.4) is 0 Å². The summed E-state index contributed by atoms with van der Waals surface area (Å²) in [4.78, 5) is 51.6. The molecule has 9 nitrogen and oxygen atoms in total. The van der Waals surface area contributed by atoms with E-state index < -0.39 is 33.4 Å². The van der Waals surface area contributed by atoms with Crippen molar-refractivity contribution >= 4 is 35.2 Å². The molecule has 0 radical (unpaired) electrons. The number of ether oxygens (including phenoxy) is 1. The van der Waals surface area contributed by atoms with Gasteiger partial charge in [0.05, 0.1) is 42.4 Å². The number of aliphatic hydroxyl groups is 1. The molecule has 1 unspecified atom stereocenters. The number of likely N-dealkylation sites (tertiary alicyclic amines) is 1. The molecule has 0 aromatic heterocycles. The van der Waals surface area contributed by atoms with Gasteiger partial charge in [-0.05, 0) is 31.4 Å². The minimum atomic E-state index is -0.925. The average Bonchev–Trinajstić information content (AvgIpc) is 3.28. The second-order valence-corrected chi connectivity index (χ2v) is 14.8. The Morgan fingerprint density at radius 1 is 0.953 bits per heavy atom. The molecule has 3 saturated heterocycles. The highest BCUT2D eigenvalue weighted by Crippen LogP contribution is 2.66. The van der Waals surface area contributed by atoms with Crippen LogP contribution in [-0.2, 0) is 19.1 Å². The molecule has 0 bridgehead atoms. The molecule has 0 saturated carbocycles. The first-order valence-corrected chi connectivity index (χ1v) is 16.5. The first kappa shape index (κ1) is 30.4. The van der Waals surface area contributed by atoms with E-state index in [0.29, 0.717) is 39.3 Å². The molecular weight excluding hydrogens is 564 g/mol. The number of carbonyl (C=O) groups is 3. The lowest BCUT2D eigenvalue weighted by molar-refractivity contribution is -0.146. The van der Waals surface area contributed by atoms with E-state index >= 15 is 0 Å². The fourth-order valence-electron chi connectivity index (χ4n) is 7.85. The summed E-state index contributed by atoms with van der Waals surface area (Å²) in [6, 6.07) is 8.28. The summed E-state index contributed by atoms with van der Waals surface area (Å²) >= 11 is 1.59. The molecule has 5 heterocycles. The molecule has 232 valence electrons. The third-order valence-electron chi connectivity index (χ3n) is 9.78. The van der Waals surface area contributed by atoms with Crippen molar-refractivity contribution in [2.24, 2.45) is 17.8 Å². The molecule has 6 atom stereocenters. The van der Waals surface area contributed by atoms with Gasteiger partial charge in [-0.1, -0.05) is 56.4 Å². The topological polar surface area (TPSA) is 93.6 Å². The van der Waals surface area contributed by atoms with E-state index in [1.165, 1.54) is 0 Å². The van der Waals surface area contributed by atoms with Crippen molar-refractivity contribution in [3.05, 3.63) is 54.6 Å². The Bertz CT molecular complexity index is 1280. The van der Waals surface area contributed by atoms with Crippen LogP contribution in [0.5, 0.6) is 0 Å². The number of thioether (sulfide) groups is 1. The quantitative estimate of drug-likeness (QED) is 0.453. The van der Waals surface area contributed by atoms with Gasteiger partial charge in [0, 0.05) is 49.7 Å². The van der Waals surface area contributed by atoms with Gasteiger partial charge in [-0.15, -0.1) is 11.8 Å². The lowest BCUT2D eigenvalue weighted by Gasteiger charge is -2.40. The molecule has 43 heavy (non-hydrogen) atoms. The van der Waals surface area contributed by atoms with Crippen LogP contribution in [0, 0.1) is 17.8 Å². The maximum atomic E-state index is 14.8. The molecule has 5 aliphatic heterocycles. The SMILES string of the molecule is CC(C)C[C@H](CO)N1C(=O)[C@@H]2[C@@H]3C(=O)N(c4ccccc4)CC=C[C@]3(C)S[C@@]23C=CCN(CCN2CCOCC2)C(=O)C13. The number of benzene rings is 1. The zero-order valence-electron chi connectivity index (χ0n) is 25.4. The summed E-state index contributed by atoms with van der Waals surface area (Å²) in [6.07, 6.45) is 8.78. The fourth-order valence-corrected chi connectivity index (χ4v) is 9.99. The Balaban J connectivity index is 1.40. The Morgan fingerprint density at radius 2 is 1.67 bits per heavy atom. The van der Waals surface area contributed by atoms with E-state index in [4.69, 9.17) is 4.74 Å². The third kappa shape index (κ3) is 5.24. The number of para-hydroxylation sites is 1. The van der Waals surface area contributed by atoms with Crippen molar-refractivity contribution in [2.45, 2.75) is 48.8 Å². The van der Waals surface area contributed by atoms with Gasteiger partial charge in [-0.2, -0.15) is 0 Å². The molecular formula is C33H44N4O5S. The maximum absolute atomic E-state index is 14.8. The van der Waals surface area contributed by atoms with Gasteiger partial charge in [0.1, 0.15) is 6.04 Å². The molecule has 5 aliphatic rings. The fraction of sp³-hybridized carbons (Fsp3) is 0.606. The van der Waals surface area contributed by atoms with Crippen molar-refractivity contribution in [1.29, 1.82) is 0 Å². The van der Waals surface area contributed by atoms with E-state index in [0.717, 1.165) is 25.3 Å². The van der Waals surface area contributed by atoms with E-state index in [9.17, 15) is 19.5 Å². The summed E-state index contributed by atoms with van der Waals surface area (Å²) in [5.74, 6) is -1.57. The number of nitrogens with zero attached hydrogens (tertiary/aromatic N) is 4. The number of fused-ring (bicyclic) bond motifs is 2. The first-order chi connectivity index (χ1) is 20.7. The van der Waals surface area contributed by atoms with E-state index in [2.05, 4.69) is 30.9 Å². The van der Waals surface area contributed by atoms with Gasteiger partial charge < -0.3 is 24.5 Å². The molecule has 1 aromatic carbocycles. The number of anilines is 1. The maximum Gasteiger partial charge on any atom is 0.247 e. The number of hydrogen-bond acceptors (Lipinski definition) is 7. The van der Waals surface area contributed by atoms with Crippen molar-refractivity contribution in [3.63, 3.8) is 0 Å². The van der Waals surface area contributed by atoms with Gasteiger partial charge >= 0.3 is 0 Å². The van der Waals surface area contributed by atoms with Crippen molar-refractivity contribution in [1.82, 2.24) is 14.7 Å². The van der Waals surface area contributed by atoms with Crippen LogP contribution in [0.25, 0.3) is 0 Å². The number of rotatable bonds is 8. The lowest BCUT2D eigenvalue weighted by atomic mass is 9.74. The Kier molecular flexibility index (Phi) is 8.49. The van der Waals surface area contributed by atoms with Crippen LogP contribution in [-0.4, -0.2) is 118 Å². The van der Waals surface area contributed by atoms with Gasteiger partial charge in [0.2, 0.25) is 17.7 Å². The highest BCUT2D eigenvalue weighted by molar-refractivity contribution is 8.02. The molecule has 10 heteroatoms. The minimum Gasteiger partial charge on any atom is -0.394 e. The van der Waals surface area contributed by atoms with E-state index in [1.807, 2.05) is 54.3 Å². The second-order valence-electron chi connectivity index (χ2n) is 13.0. The van der Waals surface area contributed by atoms with Gasteiger partial charge in [-0.3, -0.25) is 19.3 Å². The smallest absolute Gasteiger partial charge is 0.247 e. The Hall–Kier alpha value is -2.66. The summed E-state index contributed by atoms with van der Waals surface area (Å²) in [7, 11) is 0. The molecule has 3 amide bonds. The van der Waals surface area contributed by atoms with Crippen LogP contribution < -0.4 is 4.90 Å². The van der Waals surface area contributed by atoms with Gasteiger partial charge in [0.25, 0.3) is 0 Å². The standard InChI is InChI=1S/C33H44N4O5S/c1-23(2)21-25(22-38)37-28-31(41)35(16-15-34-17-19-42-20-18-34)13-8-12-33(28)27(30(37)40)26-29(39)36(24-9-5-4-6-10-24)14-7-11-32(26,3)43-33/h4-12,23,25-28,38H,13-22H2,1-3H3/t25-,26-,27+,28?,32+,33+/m1/s1. The highest BCUT2D eigenvalue weighted by Gasteiger charge is 2.74. The molecule has 0 aliphatic carbocycles. The largest absolute Gasteiger partial charge is 0.394 e. The summed E-state index contributed by atoms with van der Waals surface area (Å²) in [6.45, 7) is 11.1. The predicted octanol–water partition coefficient (Wildman–Crippen LogP) is 2.41. The van der Waals surface area contributed by atoms with Gasteiger partial charge in [0.15, 0.2) is 0 Å². The average molecular weight is 609 g/mol. The van der Waals surface area contributed by atoms with Crippen LogP contribution >= 0.6 is 11.8 Å². The summed E-state index contributed by atoms with van der Waals surface area (Å²) in [5, 5.41) is 10.6. The summed E-state index contributed by atoms with van der Waals surface area (Å²) < 4.78 is 3.90. The van der Waals surface area contributed by atoms with Crippen molar-refractivity contribution < 1.29 is 24.2 Å². The van der Waals surface area contributed by atoms with Crippen LogP contribution in [0.1, 0.15) is 27.2 Å². The lowest BCUT2D eigenvalue weighted by Crippen LogP contribution is -2.57. The minimum absolute atomic E-state index is 0.0966. The molecule has 3 fully saturated rings. The monoisotopic (exact) mass is 608 g/mol. The zero-order valence-corrected chi connectivity index (χ0v) is 26.2. The molecule has 1 spiro atoms. The van der Waals surface area contributed by atoms with Crippen molar-refractivity contribution in [2.75, 3.05) is 64.0 Å². The van der Waals surface area contributed by atoms with Crippen LogP contribution in [0.4, 0.5) is 5.69 Å². The number of hydrogen-bond donors (Lipinski definition) is 1. The molecule has 1 N–H and O–H groups in total. The van der Waals surface area contributed by atoms with Crippen LogP contribution in [0.15, 0.2) is 54.6 Å². The van der Waals surface area contributed by atoms with Crippen molar-refractivity contribution in [3.8, 4) is 0 Å². The number of amides is 3. The van der Waals surface area contributed by atoms with Crippen LogP contribution in [0.2, 0.25) is 0 Å². The number of aliphatic hydroxyl groups excluding tert-OH is 1. The zero-order chi connectivity index (χ0) is 30.4. The normalized spacial score (nSPS) is 33.5. The number of morpholine rings is 1. The third-order valence-corrected chi connectivity index (χ3v) is 11.6. The number of carbonyl (C=O) groups excluding carboxylic acids is 3. The Morgan fingerprint density at radius 3 is 2.37 bits per heavy atom.